The standard InChI is InChI=1S/C10H16N2O.ClH/c1-2-8-7-10(13-12-8)9-5-3-4-6-11-9;/h7,9,11H,2-6H2,1H3;1H. The molecule has 0 saturated carbocycles. The van der Waals surface area contributed by atoms with Crippen LogP contribution in [0.3, 0.4) is 0 Å². The van der Waals surface area contributed by atoms with E-state index in [2.05, 4.69) is 23.5 Å². The minimum absolute atomic E-state index is 0. The number of halogens is 1. The number of nitrogens with one attached hydrogen (secondary N) is 1. The fourth-order valence-corrected chi connectivity index (χ4v) is 1.75. The van der Waals surface area contributed by atoms with Crippen molar-refractivity contribution in [3.05, 3.63) is 17.5 Å². The summed E-state index contributed by atoms with van der Waals surface area (Å²) in [5.74, 6) is 1.01. The van der Waals surface area contributed by atoms with Crippen molar-refractivity contribution < 1.29 is 4.52 Å². The topological polar surface area (TPSA) is 38.1 Å². The summed E-state index contributed by atoms with van der Waals surface area (Å²) in [6.07, 6.45) is 4.71. The molecule has 1 aliphatic rings. The molecule has 0 spiro atoms. The number of hydrogen-bond acceptors (Lipinski definition) is 3. The van der Waals surface area contributed by atoms with Crippen LogP contribution >= 0.6 is 12.4 Å². The molecule has 1 aromatic heterocycles. The average Bonchev–Trinajstić information content (AvgIpc) is 2.67. The quantitative estimate of drug-likeness (QED) is 0.826. The first kappa shape index (κ1) is 11.5. The third kappa shape index (κ3) is 2.49. The minimum Gasteiger partial charge on any atom is -0.359 e. The fraction of sp³-hybridized carbons (Fsp3) is 0.700. The van der Waals surface area contributed by atoms with E-state index in [0.717, 1.165) is 24.4 Å². The van der Waals surface area contributed by atoms with Gasteiger partial charge >= 0.3 is 0 Å². The van der Waals surface area contributed by atoms with Gasteiger partial charge in [-0.25, -0.2) is 0 Å². The van der Waals surface area contributed by atoms with Crippen LogP contribution in [0.4, 0.5) is 0 Å². The molecule has 1 atom stereocenters. The maximum atomic E-state index is 5.28. The lowest BCUT2D eigenvalue weighted by Gasteiger charge is -2.20. The second-order valence-electron chi connectivity index (χ2n) is 3.58. The van der Waals surface area contributed by atoms with Crippen molar-refractivity contribution in [2.24, 2.45) is 0 Å². The molecule has 14 heavy (non-hydrogen) atoms. The van der Waals surface area contributed by atoms with Gasteiger partial charge in [-0.3, -0.25) is 0 Å². The molecule has 0 bridgehead atoms. The molecule has 0 radical (unpaired) electrons. The maximum absolute atomic E-state index is 5.28. The third-order valence-corrected chi connectivity index (χ3v) is 2.59. The van der Waals surface area contributed by atoms with Crippen LogP contribution < -0.4 is 5.32 Å². The molecule has 1 saturated heterocycles. The summed E-state index contributed by atoms with van der Waals surface area (Å²) < 4.78 is 5.28. The van der Waals surface area contributed by atoms with Gasteiger partial charge in [0.15, 0.2) is 5.76 Å². The first-order chi connectivity index (χ1) is 6.40. The Kier molecular flexibility index (Phi) is 4.42. The van der Waals surface area contributed by atoms with Gasteiger partial charge < -0.3 is 9.84 Å². The van der Waals surface area contributed by atoms with Crippen molar-refractivity contribution in [1.29, 1.82) is 0 Å². The Labute approximate surface area is 90.6 Å². The molecule has 1 aromatic rings. The number of aryl methyl sites for hydroxylation is 1. The van der Waals surface area contributed by atoms with E-state index in [1.165, 1.54) is 19.3 Å². The van der Waals surface area contributed by atoms with Gasteiger partial charge in [-0.1, -0.05) is 18.5 Å². The van der Waals surface area contributed by atoms with E-state index < -0.39 is 0 Å². The Hall–Kier alpha value is -0.540. The van der Waals surface area contributed by atoms with Crippen molar-refractivity contribution >= 4 is 12.4 Å². The van der Waals surface area contributed by atoms with Crippen LogP contribution in [0.15, 0.2) is 10.6 Å². The van der Waals surface area contributed by atoms with Crippen molar-refractivity contribution in [1.82, 2.24) is 10.5 Å². The van der Waals surface area contributed by atoms with Crippen molar-refractivity contribution in [3.63, 3.8) is 0 Å². The van der Waals surface area contributed by atoms with E-state index in [4.69, 9.17) is 4.52 Å². The molecule has 2 rings (SSSR count). The highest BCUT2D eigenvalue weighted by atomic mass is 35.5. The second-order valence-corrected chi connectivity index (χ2v) is 3.58. The zero-order valence-electron chi connectivity index (χ0n) is 8.45. The summed E-state index contributed by atoms with van der Waals surface area (Å²) in [6, 6.07) is 2.48. The number of piperidine rings is 1. The zero-order chi connectivity index (χ0) is 9.10. The fourth-order valence-electron chi connectivity index (χ4n) is 1.75. The Morgan fingerprint density at radius 3 is 3.00 bits per heavy atom. The maximum Gasteiger partial charge on any atom is 0.153 e. The molecule has 2 heterocycles. The molecule has 0 amide bonds. The van der Waals surface area contributed by atoms with E-state index in [1.807, 2.05) is 0 Å². The summed E-state index contributed by atoms with van der Waals surface area (Å²) >= 11 is 0. The van der Waals surface area contributed by atoms with E-state index in [1.54, 1.807) is 0 Å². The molecular weight excluding hydrogens is 200 g/mol. The Balaban J connectivity index is 0.000000980. The highest BCUT2D eigenvalue weighted by Crippen LogP contribution is 2.23. The molecule has 1 unspecified atom stereocenters. The first-order valence-electron chi connectivity index (χ1n) is 5.09. The Morgan fingerprint density at radius 1 is 1.57 bits per heavy atom. The lowest BCUT2D eigenvalue weighted by atomic mass is 10.0. The minimum atomic E-state index is 0. The van der Waals surface area contributed by atoms with Gasteiger partial charge in [0.1, 0.15) is 0 Å². The number of nitrogens with zero attached hydrogens (tertiary/aromatic N) is 1. The summed E-state index contributed by atoms with van der Waals surface area (Å²) in [7, 11) is 0. The number of rotatable bonds is 2. The number of hydrogen-bond donors (Lipinski definition) is 1. The smallest absolute Gasteiger partial charge is 0.153 e. The molecule has 80 valence electrons. The molecule has 1 N–H and O–H groups in total. The van der Waals surface area contributed by atoms with Gasteiger partial charge in [0, 0.05) is 6.07 Å². The van der Waals surface area contributed by atoms with Gasteiger partial charge in [-0.2, -0.15) is 0 Å². The molecule has 0 aliphatic carbocycles. The van der Waals surface area contributed by atoms with Gasteiger partial charge in [0.25, 0.3) is 0 Å². The van der Waals surface area contributed by atoms with Crippen LogP contribution in [0.25, 0.3) is 0 Å². The van der Waals surface area contributed by atoms with E-state index in [9.17, 15) is 0 Å². The molecule has 4 heteroatoms. The molecule has 1 fully saturated rings. The van der Waals surface area contributed by atoms with Crippen LogP contribution in [-0.2, 0) is 6.42 Å². The van der Waals surface area contributed by atoms with Crippen LogP contribution in [0, 0.1) is 0 Å². The van der Waals surface area contributed by atoms with Gasteiger partial charge in [-0.05, 0) is 25.8 Å². The molecule has 3 nitrogen and oxygen atoms in total. The molecular formula is C10H17ClN2O. The first-order valence-corrected chi connectivity index (χ1v) is 5.09. The highest BCUT2D eigenvalue weighted by Gasteiger charge is 2.18. The van der Waals surface area contributed by atoms with E-state index in [-0.39, 0.29) is 12.4 Å². The SMILES string of the molecule is CCc1cc(C2CCCCN2)on1.Cl. The zero-order valence-corrected chi connectivity index (χ0v) is 9.27. The van der Waals surface area contributed by atoms with Crippen molar-refractivity contribution in [2.45, 2.75) is 38.6 Å². The molecule has 1 aliphatic heterocycles. The van der Waals surface area contributed by atoms with Gasteiger partial charge in [-0.15, -0.1) is 12.4 Å². The van der Waals surface area contributed by atoms with Crippen LogP contribution in [0.2, 0.25) is 0 Å². The lowest BCUT2D eigenvalue weighted by Crippen LogP contribution is -2.26. The third-order valence-electron chi connectivity index (χ3n) is 2.59. The average molecular weight is 217 g/mol. The monoisotopic (exact) mass is 216 g/mol. The van der Waals surface area contributed by atoms with Crippen LogP contribution in [-0.4, -0.2) is 11.7 Å². The summed E-state index contributed by atoms with van der Waals surface area (Å²) in [4.78, 5) is 0. The predicted molar refractivity (Wildman–Crippen MR) is 57.7 cm³/mol. The molecule has 0 aromatic carbocycles. The van der Waals surface area contributed by atoms with Gasteiger partial charge in [0.2, 0.25) is 0 Å². The van der Waals surface area contributed by atoms with E-state index in [0.29, 0.717) is 6.04 Å². The summed E-state index contributed by atoms with van der Waals surface area (Å²) in [6.45, 7) is 3.20. The van der Waals surface area contributed by atoms with Crippen LogP contribution in [0.5, 0.6) is 0 Å². The van der Waals surface area contributed by atoms with Crippen LogP contribution in [0.1, 0.15) is 43.7 Å². The highest BCUT2D eigenvalue weighted by molar-refractivity contribution is 5.85. The summed E-state index contributed by atoms with van der Waals surface area (Å²) in [5, 5.41) is 7.43. The predicted octanol–water partition coefficient (Wildman–Crippen LogP) is 2.47. The van der Waals surface area contributed by atoms with Crippen molar-refractivity contribution in [2.75, 3.05) is 6.54 Å². The normalized spacial score (nSPS) is 21.6. The number of aromatic nitrogens is 1. The Bertz CT molecular complexity index is 269. The largest absolute Gasteiger partial charge is 0.359 e. The van der Waals surface area contributed by atoms with Gasteiger partial charge in [0.05, 0.1) is 11.7 Å². The summed E-state index contributed by atoms with van der Waals surface area (Å²) in [5.41, 5.74) is 1.06. The Morgan fingerprint density at radius 2 is 2.43 bits per heavy atom. The van der Waals surface area contributed by atoms with E-state index >= 15 is 0 Å². The second kappa shape index (κ2) is 5.37. The lowest BCUT2D eigenvalue weighted by molar-refractivity contribution is 0.303. The van der Waals surface area contributed by atoms with Crippen molar-refractivity contribution in [3.8, 4) is 0 Å².